The van der Waals surface area contributed by atoms with Crippen LogP contribution in [0, 0.1) is 6.92 Å². The zero-order valence-electron chi connectivity index (χ0n) is 21.2. The molecule has 0 fully saturated rings. The molecule has 0 saturated carbocycles. The molecule has 4 aromatic rings. The second kappa shape index (κ2) is 13.7. The fourth-order valence-corrected chi connectivity index (χ4v) is 5.06. The molecule has 2 unspecified atom stereocenters. The van der Waals surface area contributed by atoms with Gasteiger partial charge in [-0.15, -0.1) is 0 Å². The molecule has 1 amide bonds. The van der Waals surface area contributed by atoms with Gasteiger partial charge in [0.05, 0.1) is 0 Å². The van der Waals surface area contributed by atoms with Gasteiger partial charge < -0.3 is 15.2 Å². The number of fused-ring (bicyclic) bond motifs is 1. The third-order valence-corrected chi connectivity index (χ3v) is 7.20. The molecule has 7 heteroatoms. The monoisotopic (exact) mass is 521 g/mol. The number of carboxylic acid groups (broad SMARTS) is 1. The average molecular weight is 522 g/mol. The molecule has 0 aliphatic heterocycles. The first-order valence-corrected chi connectivity index (χ1v) is 13.6. The predicted octanol–water partition coefficient (Wildman–Crippen LogP) is 5.84. The van der Waals surface area contributed by atoms with Crippen LogP contribution in [0.15, 0.2) is 84.9 Å². The Morgan fingerprint density at radius 2 is 1.55 bits per heavy atom. The van der Waals surface area contributed by atoms with E-state index in [1.165, 1.54) is 0 Å². The number of benzene rings is 4. The SMILES string of the molecule is COC(c1ccc(C(=O)NC(CCSC)C(=O)O)c(-c2ccccc2C)c1)c1ccc2ccccc2c1.[LiH]. The Morgan fingerprint density at radius 3 is 2.24 bits per heavy atom. The Bertz CT molecular complexity index is 1420. The van der Waals surface area contributed by atoms with Gasteiger partial charge in [-0.2, -0.15) is 11.8 Å². The van der Waals surface area contributed by atoms with E-state index in [9.17, 15) is 14.7 Å². The van der Waals surface area contributed by atoms with E-state index in [2.05, 4.69) is 35.6 Å². The summed E-state index contributed by atoms with van der Waals surface area (Å²) in [4.78, 5) is 25.2. The van der Waals surface area contributed by atoms with Crippen molar-refractivity contribution >= 4 is 53.3 Å². The molecule has 2 N–H and O–H groups in total. The number of hydrogen-bond acceptors (Lipinski definition) is 4. The maximum atomic E-state index is 13.4. The molecule has 4 rings (SSSR count). The predicted molar refractivity (Wildman–Crippen MR) is 158 cm³/mol. The summed E-state index contributed by atoms with van der Waals surface area (Å²) >= 11 is 1.55. The Balaban J connectivity index is 0.00000400. The number of carbonyl (C=O) groups is 2. The first-order valence-electron chi connectivity index (χ1n) is 12.2. The van der Waals surface area contributed by atoms with Crippen LogP contribution in [-0.4, -0.2) is 61.0 Å². The van der Waals surface area contributed by atoms with Gasteiger partial charge in [0.2, 0.25) is 0 Å². The van der Waals surface area contributed by atoms with E-state index >= 15 is 0 Å². The fourth-order valence-electron chi connectivity index (χ4n) is 4.59. The van der Waals surface area contributed by atoms with Gasteiger partial charge in [-0.1, -0.05) is 66.7 Å². The third kappa shape index (κ3) is 6.70. The summed E-state index contributed by atoms with van der Waals surface area (Å²) in [7, 11) is 1.68. The van der Waals surface area contributed by atoms with Crippen LogP contribution in [0.3, 0.4) is 0 Å². The minimum absolute atomic E-state index is 0. The van der Waals surface area contributed by atoms with E-state index in [1.807, 2.05) is 61.7 Å². The molecular formula is C31H32LiNO4S. The quantitative estimate of drug-likeness (QED) is 0.257. The number of carboxylic acids is 1. The van der Waals surface area contributed by atoms with E-state index in [1.54, 1.807) is 24.9 Å². The van der Waals surface area contributed by atoms with Crippen LogP contribution in [-0.2, 0) is 9.53 Å². The molecule has 0 aliphatic carbocycles. The van der Waals surface area contributed by atoms with E-state index in [0.717, 1.165) is 38.6 Å². The van der Waals surface area contributed by atoms with Crippen LogP contribution in [0.5, 0.6) is 0 Å². The number of rotatable bonds is 10. The van der Waals surface area contributed by atoms with Crippen molar-refractivity contribution in [2.45, 2.75) is 25.5 Å². The molecule has 0 aliphatic rings. The van der Waals surface area contributed by atoms with Crippen molar-refractivity contribution in [3.05, 3.63) is 107 Å². The number of aryl methyl sites for hydroxylation is 1. The van der Waals surface area contributed by atoms with Gasteiger partial charge in [-0.05, 0) is 82.1 Å². The molecule has 38 heavy (non-hydrogen) atoms. The molecule has 0 bridgehead atoms. The van der Waals surface area contributed by atoms with Gasteiger partial charge in [0.15, 0.2) is 0 Å². The van der Waals surface area contributed by atoms with Gasteiger partial charge in [0.1, 0.15) is 12.1 Å². The number of carbonyl (C=O) groups excluding carboxylic acids is 1. The van der Waals surface area contributed by atoms with E-state index in [4.69, 9.17) is 4.74 Å². The molecule has 0 aromatic heterocycles. The summed E-state index contributed by atoms with van der Waals surface area (Å²) in [5, 5.41) is 14.6. The number of methoxy groups -OCH3 is 1. The summed E-state index contributed by atoms with van der Waals surface area (Å²) < 4.78 is 5.95. The zero-order valence-corrected chi connectivity index (χ0v) is 22.0. The van der Waals surface area contributed by atoms with Crippen molar-refractivity contribution < 1.29 is 19.4 Å². The van der Waals surface area contributed by atoms with E-state index in [0.29, 0.717) is 17.7 Å². The number of amides is 1. The van der Waals surface area contributed by atoms with E-state index in [-0.39, 0.29) is 25.0 Å². The standard InChI is InChI=1S/C31H31NO4S.Li.H/c1-20-8-4-7-11-25(20)27-19-24(14-15-26(27)30(33)32-28(31(34)35)16-17-37-3)29(36-2)23-13-12-21-9-5-6-10-22(21)18-23;;/h4-15,18-19,28-29H,16-17H2,1-3H3,(H,32,33)(H,34,35);;. The van der Waals surface area contributed by atoms with E-state index < -0.39 is 17.9 Å². The van der Waals surface area contributed by atoms with Crippen molar-refractivity contribution in [2.75, 3.05) is 19.1 Å². The molecule has 2 atom stereocenters. The summed E-state index contributed by atoms with van der Waals surface area (Å²) in [5.41, 5.74) is 5.03. The van der Waals surface area contributed by atoms with Crippen LogP contribution in [0.2, 0.25) is 0 Å². The summed E-state index contributed by atoms with van der Waals surface area (Å²) in [6, 6.07) is 27.0. The van der Waals surface area contributed by atoms with Crippen LogP contribution >= 0.6 is 11.8 Å². The Hall–Kier alpha value is -3.01. The molecule has 4 aromatic carbocycles. The topological polar surface area (TPSA) is 75.6 Å². The Labute approximate surface area is 240 Å². The molecule has 0 radical (unpaired) electrons. The van der Waals surface area contributed by atoms with Crippen molar-refractivity contribution in [3.8, 4) is 11.1 Å². The number of ether oxygens (including phenoxy) is 1. The maximum absolute atomic E-state index is 13.4. The minimum atomic E-state index is -1.03. The van der Waals surface area contributed by atoms with Crippen LogP contribution in [0.25, 0.3) is 21.9 Å². The van der Waals surface area contributed by atoms with Gasteiger partial charge >= 0.3 is 24.8 Å². The number of hydrogen-bond donors (Lipinski definition) is 2. The van der Waals surface area contributed by atoms with Crippen molar-refractivity contribution in [3.63, 3.8) is 0 Å². The first kappa shape index (κ1) is 29.5. The van der Waals surface area contributed by atoms with Crippen molar-refractivity contribution in [1.29, 1.82) is 0 Å². The third-order valence-electron chi connectivity index (χ3n) is 6.55. The first-order chi connectivity index (χ1) is 17.9. The molecule has 0 heterocycles. The Morgan fingerprint density at radius 1 is 0.895 bits per heavy atom. The van der Waals surface area contributed by atoms with Crippen molar-refractivity contribution in [2.24, 2.45) is 0 Å². The van der Waals surface area contributed by atoms with Gasteiger partial charge in [-0.25, -0.2) is 4.79 Å². The van der Waals surface area contributed by atoms with Crippen LogP contribution in [0.1, 0.15) is 39.6 Å². The van der Waals surface area contributed by atoms with Gasteiger partial charge in [0, 0.05) is 12.7 Å². The van der Waals surface area contributed by atoms with Crippen molar-refractivity contribution in [1.82, 2.24) is 5.32 Å². The number of aliphatic carboxylic acids is 1. The molecular weight excluding hydrogens is 489 g/mol. The number of nitrogens with one attached hydrogen (secondary N) is 1. The average Bonchev–Trinajstić information content (AvgIpc) is 2.91. The van der Waals surface area contributed by atoms with Gasteiger partial charge in [0.25, 0.3) is 5.91 Å². The Kier molecular flexibility index (Phi) is 10.6. The number of thioether (sulfide) groups is 1. The summed E-state index contributed by atoms with van der Waals surface area (Å²) in [6.07, 6.45) is 1.93. The molecule has 0 saturated heterocycles. The second-order valence-electron chi connectivity index (χ2n) is 8.99. The molecule has 192 valence electrons. The van der Waals surface area contributed by atoms with Gasteiger partial charge in [-0.3, -0.25) is 4.79 Å². The van der Waals surface area contributed by atoms with Crippen LogP contribution in [0.4, 0.5) is 0 Å². The second-order valence-corrected chi connectivity index (χ2v) is 9.97. The fraction of sp³-hybridized carbons (Fsp3) is 0.226. The van der Waals surface area contributed by atoms with Crippen LogP contribution < -0.4 is 5.32 Å². The summed E-state index contributed by atoms with van der Waals surface area (Å²) in [5.74, 6) is -0.799. The normalized spacial score (nSPS) is 12.4. The summed E-state index contributed by atoms with van der Waals surface area (Å²) in [6.45, 7) is 2.00. The molecule has 5 nitrogen and oxygen atoms in total. The zero-order chi connectivity index (χ0) is 26.4. The molecule has 0 spiro atoms.